The summed E-state index contributed by atoms with van der Waals surface area (Å²) in [5.74, 6) is 1.34. The molecule has 1 aliphatic heterocycles. The molecule has 0 unspecified atom stereocenters. The van der Waals surface area contributed by atoms with E-state index in [1.165, 1.54) is 12.1 Å². The molecule has 2 heterocycles. The summed E-state index contributed by atoms with van der Waals surface area (Å²) in [6.07, 6.45) is 4.55. The molecule has 3 rings (SSSR count). The van der Waals surface area contributed by atoms with E-state index < -0.39 is 0 Å². The molecule has 2 N–H and O–H groups in total. The van der Waals surface area contributed by atoms with Gasteiger partial charge in [-0.1, -0.05) is 6.92 Å². The summed E-state index contributed by atoms with van der Waals surface area (Å²) < 4.78 is 18.7. The van der Waals surface area contributed by atoms with Crippen LogP contribution in [0.4, 0.5) is 4.39 Å². The number of halogens is 1. The Morgan fingerprint density at radius 1 is 1.40 bits per heavy atom. The zero-order chi connectivity index (χ0) is 17.8. The Balaban J connectivity index is 1.60. The number of rotatable bonds is 5. The van der Waals surface area contributed by atoms with Gasteiger partial charge in [0.05, 0.1) is 6.20 Å². The Hall–Kier alpha value is -2.21. The number of aromatic nitrogens is 1. The normalized spacial score (nSPS) is 20.7. The highest BCUT2D eigenvalue weighted by Crippen LogP contribution is 2.24. The van der Waals surface area contributed by atoms with Gasteiger partial charge in [-0.2, -0.15) is 0 Å². The molecular formula is C19H24FN3O2. The molecule has 0 spiro atoms. The number of hydrogen-bond donors (Lipinski definition) is 1. The molecule has 25 heavy (non-hydrogen) atoms. The van der Waals surface area contributed by atoms with Crippen LogP contribution in [0, 0.1) is 11.7 Å². The molecule has 2 aromatic rings. The summed E-state index contributed by atoms with van der Waals surface area (Å²) in [6, 6.07) is 6.18. The lowest BCUT2D eigenvalue weighted by atomic mass is 9.90. The van der Waals surface area contributed by atoms with Crippen LogP contribution in [0.25, 0.3) is 11.3 Å². The van der Waals surface area contributed by atoms with E-state index >= 15 is 0 Å². The maximum absolute atomic E-state index is 13.0. The molecule has 0 saturated carbocycles. The van der Waals surface area contributed by atoms with Crippen molar-refractivity contribution in [3.8, 4) is 11.3 Å². The van der Waals surface area contributed by atoms with Crippen molar-refractivity contribution in [2.45, 2.75) is 38.6 Å². The van der Waals surface area contributed by atoms with Gasteiger partial charge in [-0.3, -0.25) is 4.79 Å². The van der Waals surface area contributed by atoms with Crippen LogP contribution < -0.4 is 5.73 Å². The highest BCUT2D eigenvalue weighted by molar-refractivity contribution is 5.77. The largest absolute Gasteiger partial charge is 0.441 e. The van der Waals surface area contributed by atoms with Crippen molar-refractivity contribution in [3.63, 3.8) is 0 Å². The van der Waals surface area contributed by atoms with E-state index in [-0.39, 0.29) is 17.8 Å². The number of carbonyl (C=O) groups excluding carboxylic acids is 1. The minimum absolute atomic E-state index is 0.100. The van der Waals surface area contributed by atoms with Gasteiger partial charge in [0, 0.05) is 37.5 Å². The number of likely N-dealkylation sites (tertiary alicyclic amines) is 1. The fraction of sp³-hybridized carbons (Fsp3) is 0.474. The molecule has 1 aromatic carbocycles. The maximum Gasteiger partial charge on any atom is 0.223 e. The van der Waals surface area contributed by atoms with E-state index in [0.29, 0.717) is 37.0 Å². The van der Waals surface area contributed by atoms with E-state index in [1.54, 1.807) is 18.3 Å². The first-order valence-electron chi connectivity index (χ1n) is 8.78. The second kappa shape index (κ2) is 7.78. The number of carbonyl (C=O) groups is 1. The van der Waals surface area contributed by atoms with Crippen LogP contribution in [0.5, 0.6) is 0 Å². The Morgan fingerprint density at radius 3 is 2.88 bits per heavy atom. The van der Waals surface area contributed by atoms with Crippen LogP contribution >= 0.6 is 0 Å². The molecule has 0 radical (unpaired) electrons. The van der Waals surface area contributed by atoms with E-state index in [2.05, 4.69) is 11.9 Å². The highest BCUT2D eigenvalue weighted by atomic mass is 19.1. The fourth-order valence-electron chi connectivity index (χ4n) is 3.45. The average molecular weight is 345 g/mol. The minimum Gasteiger partial charge on any atom is -0.441 e. The Kier molecular flexibility index (Phi) is 5.48. The molecule has 1 amide bonds. The van der Waals surface area contributed by atoms with Gasteiger partial charge < -0.3 is 15.1 Å². The van der Waals surface area contributed by atoms with E-state index in [1.807, 2.05) is 4.90 Å². The monoisotopic (exact) mass is 345 g/mol. The second-order valence-electron chi connectivity index (χ2n) is 6.63. The predicted octanol–water partition coefficient (Wildman–Crippen LogP) is 3.00. The van der Waals surface area contributed by atoms with Crippen LogP contribution in [0.2, 0.25) is 0 Å². The van der Waals surface area contributed by atoms with Crippen molar-refractivity contribution in [3.05, 3.63) is 42.2 Å². The summed E-state index contributed by atoms with van der Waals surface area (Å²) in [5, 5.41) is 0. The van der Waals surface area contributed by atoms with Gasteiger partial charge in [0.15, 0.2) is 11.7 Å². The number of oxazole rings is 1. The molecule has 134 valence electrons. The minimum atomic E-state index is -0.292. The molecular weight excluding hydrogens is 321 g/mol. The summed E-state index contributed by atoms with van der Waals surface area (Å²) in [6.45, 7) is 3.43. The molecule has 1 aliphatic rings. The summed E-state index contributed by atoms with van der Waals surface area (Å²) in [7, 11) is 0. The van der Waals surface area contributed by atoms with Crippen molar-refractivity contribution in [1.29, 1.82) is 0 Å². The average Bonchev–Trinajstić information content (AvgIpc) is 3.09. The topological polar surface area (TPSA) is 72.4 Å². The Bertz CT molecular complexity index is 714. The molecule has 1 aromatic heterocycles. The molecule has 1 saturated heterocycles. The zero-order valence-electron chi connectivity index (χ0n) is 14.5. The SMILES string of the molecule is C[C@H]1CCCN(C(=O)CCc2ncc(-c3ccc(F)cc3)o2)[C@@H]1CN. The van der Waals surface area contributed by atoms with Crippen LogP contribution in [0.15, 0.2) is 34.9 Å². The molecule has 6 heteroatoms. The van der Waals surface area contributed by atoms with Gasteiger partial charge in [-0.05, 0) is 43.0 Å². The molecule has 0 aliphatic carbocycles. The molecule has 2 atom stereocenters. The van der Waals surface area contributed by atoms with Crippen molar-refractivity contribution in [2.24, 2.45) is 11.7 Å². The zero-order valence-corrected chi connectivity index (χ0v) is 14.5. The van der Waals surface area contributed by atoms with E-state index in [9.17, 15) is 9.18 Å². The number of benzene rings is 1. The van der Waals surface area contributed by atoms with E-state index in [4.69, 9.17) is 10.2 Å². The molecule has 1 fully saturated rings. The van der Waals surface area contributed by atoms with Crippen LogP contribution in [-0.4, -0.2) is 34.9 Å². The number of aryl methyl sites for hydroxylation is 1. The quantitative estimate of drug-likeness (QED) is 0.904. The first-order chi connectivity index (χ1) is 12.1. The van der Waals surface area contributed by atoms with Gasteiger partial charge in [0.25, 0.3) is 0 Å². The van der Waals surface area contributed by atoms with Gasteiger partial charge in [-0.15, -0.1) is 0 Å². The maximum atomic E-state index is 13.0. The lowest BCUT2D eigenvalue weighted by Gasteiger charge is -2.39. The van der Waals surface area contributed by atoms with Crippen molar-refractivity contribution < 1.29 is 13.6 Å². The van der Waals surface area contributed by atoms with Gasteiger partial charge in [0.1, 0.15) is 5.82 Å². The summed E-state index contributed by atoms with van der Waals surface area (Å²) in [4.78, 5) is 18.7. The number of amides is 1. The number of hydrogen-bond acceptors (Lipinski definition) is 4. The lowest BCUT2D eigenvalue weighted by Crippen LogP contribution is -2.51. The molecule has 5 nitrogen and oxygen atoms in total. The van der Waals surface area contributed by atoms with Crippen molar-refractivity contribution in [2.75, 3.05) is 13.1 Å². The Morgan fingerprint density at radius 2 is 2.16 bits per heavy atom. The first-order valence-corrected chi connectivity index (χ1v) is 8.78. The molecule has 0 bridgehead atoms. The first kappa shape index (κ1) is 17.6. The van der Waals surface area contributed by atoms with Gasteiger partial charge in [-0.25, -0.2) is 9.37 Å². The standard InChI is InChI=1S/C19H24FN3O2/c1-13-3-2-10-23(16(13)11-21)19(24)9-8-18-22-12-17(25-18)14-4-6-15(20)7-5-14/h4-7,12-13,16H,2-3,8-11,21H2,1H3/t13-,16+/m0/s1. The third-order valence-corrected chi connectivity index (χ3v) is 4.91. The number of piperidine rings is 1. The van der Waals surface area contributed by atoms with Gasteiger partial charge >= 0.3 is 0 Å². The fourth-order valence-corrected chi connectivity index (χ4v) is 3.45. The second-order valence-corrected chi connectivity index (χ2v) is 6.63. The van der Waals surface area contributed by atoms with Gasteiger partial charge in [0.2, 0.25) is 5.91 Å². The van der Waals surface area contributed by atoms with Crippen LogP contribution in [0.1, 0.15) is 32.1 Å². The smallest absolute Gasteiger partial charge is 0.223 e. The summed E-state index contributed by atoms with van der Waals surface area (Å²) in [5.41, 5.74) is 6.62. The summed E-state index contributed by atoms with van der Waals surface area (Å²) >= 11 is 0. The van der Waals surface area contributed by atoms with Crippen molar-refractivity contribution in [1.82, 2.24) is 9.88 Å². The third kappa shape index (κ3) is 4.07. The number of nitrogens with zero attached hydrogens (tertiary/aromatic N) is 2. The van der Waals surface area contributed by atoms with Crippen molar-refractivity contribution >= 4 is 5.91 Å². The number of nitrogens with two attached hydrogens (primary N) is 1. The Labute approximate surface area is 147 Å². The predicted molar refractivity (Wildman–Crippen MR) is 93.2 cm³/mol. The van der Waals surface area contributed by atoms with Crippen LogP contribution in [0.3, 0.4) is 0 Å². The highest BCUT2D eigenvalue weighted by Gasteiger charge is 2.30. The third-order valence-electron chi connectivity index (χ3n) is 4.91. The lowest BCUT2D eigenvalue weighted by molar-refractivity contribution is -0.136. The van der Waals surface area contributed by atoms with Crippen LogP contribution in [-0.2, 0) is 11.2 Å². The van der Waals surface area contributed by atoms with E-state index in [0.717, 1.165) is 24.9 Å².